The van der Waals surface area contributed by atoms with Crippen LogP contribution in [0.2, 0.25) is 0 Å². The first kappa shape index (κ1) is 19.3. The third-order valence-corrected chi connectivity index (χ3v) is 4.22. The molecular weight excluding hydrogens is 368 g/mol. The van der Waals surface area contributed by atoms with Gasteiger partial charge in [-0.2, -0.15) is 0 Å². The number of amides is 1. The molecule has 0 radical (unpaired) electrons. The average molecular weight is 387 g/mol. The fourth-order valence-corrected chi connectivity index (χ4v) is 2.85. The third kappa shape index (κ3) is 4.11. The minimum Gasteiger partial charge on any atom is -0.497 e. The van der Waals surface area contributed by atoms with Crippen LogP contribution in [-0.4, -0.2) is 29.7 Å². The van der Waals surface area contributed by atoms with Gasteiger partial charge in [0.05, 0.1) is 14.2 Å². The van der Waals surface area contributed by atoms with Gasteiger partial charge >= 0.3 is 0 Å². The number of benzene rings is 2. The summed E-state index contributed by atoms with van der Waals surface area (Å²) in [5, 5.41) is 2.78. The molecular formula is C20H19F2N3O3. The summed E-state index contributed by atoms with van der Waals surface area (Å²) in [4.78, 5) is 17.0. The Morgan fingerprint density at radius 1 is 1.04 bits per heavy atom. The van der Waals surface area contributed by atoms with Gasteiger partial charge in [-0.05, 0) is 29.8 Å². The maximum Gasteiger partial charge on any atom is 0.252 e. The van der Waals surface area contributed by atoms with Crippen LogP contribution in [0.15, 0.2) is 48.8 Å². The minimum atomic E-state index is -0.832. The number of nitrogens with one attached hydrogen (secondary N) is 1. The van der Waals surface area contributed by atoms with Gasteiger partial charge in [0, 0.05) is 37.1 Å². The van der Waals surface area contributed by atoms with Crippen molar-refractivity contribution in [3.63, 3.8) is 0 Å². The van der Waals surface area contributed by atoms with Crippen molar-refractivity contribution in [3.8, 4) is 11.5 Å². The lowest BCUT2D eigenvalue weighted by Crippen LogP contribution is -2.31. The molecule has 0 aliphatic rings. The van der Waals surface area contributed by atoms with E-state index in [0.29, 0.717) is 29.0 Å². The number of hydrogen-bond acceptors (Lipinski definition) is 4. The molecule has 146 valence electrons. The second-order valence-corrected chi connectivity index (χ2v) is 6.11. The summed E-state index contributed by atoms with van der Waals surface area (Å²) in [5.74, 6) is -0.726. The number of aryl methyl sites for hydroxylation is 1. The van der Waals surface area contributed by atoms with Crippen LogP contribution < -0.4 is 14.8 Å². The zero-order valence-corrected chi connectivity index (χ0v) is 15.6. The number of carbonyl (C=O) groups is 1. The zero-order valence-electron chi connectivity index (χ0n) is 15.6. The first-order chi connectivity index (χ1) is 13.4. The van der Waals surface area contributed by atoms with E-state index in [9.17, 15) is 13.6 Å². The molecule has 1 atom stereocenters. The number of ether oxygens (including phenoxy) is 2. The summed E-state index contributed by atoms with van der Waals surface area (Å²) >= 11 is 0. The van der Waals surface area contributed by atoms with Crippen molar-refractivity contribution in [1.82, 2.24) is 14.9 Å². The van der Waals surface area contributed by atoms with Crippen LogP contribution in [-0.2, 0) is 7.05 Å². The molecule has 0 saturated heterocycles. The van der Waals surface area contributed by atoms with E-state index < -0.39 is 23.6 Å². The Morgan fingerprint density at radius 3 is 2.14 bits per heavy atom. The fraction of sp³-hybridized carbons (Fsp3) is 0.200. The monoisotopic (exact) mass is 387 g/mol. The Labute approximate surface area is 160 Å². The molecule has 1 amide bonds. The highest BCUT2D eigenvalue weighted by Crippen LogP contribution is 2.29. The number of methoxy groups -OCH3 is 2. The van der Waals surface area contributed by atoms with Crippen molar-refractivity contribution in [3.05, 3.63) is 77.4 Å². The lowest BCUT2D eigenvalue weighted by Gasteiger charge is -2.20. The maximum atomic E-state index is 13.5. The third-order valence-electron chi connectivity index (χ3n) is 4.22. The molecule has 0 fully saturated rings. The predicted molar refractivity (Wildman–Crippen MR) is 98.4 cm³/mol. The molecule has 28 heavy (non-hydrogen) atoms. The molecule has 0 saturated carbocycles. The van der Waals surface area contributed by atoms with E-state index in [1.807, 2.05) is 0 Å². The van der Waals surface area contributed by atoms with Crippen LogP contribution >= 0.6 is 0 Å². The van der Waals surface area contributed by atoms with Crippen molar-refractivity contribution in [2.24, 2.45) is 7.05 Å². The van der Waals surface area contributed by atoms with Gasteiger partial charge in [-0.25, -0.2) is 13.8 Å². The number of nitrogens with zero attached hydrogens (tertiary/aromatic N) is 2. The highest BCUT2D eigenvalue weighted by Gasteiger charge is 2.23. The van der Waals surface area contributed by atoms with E-state index in [1.165, 1.54) is 14.2 Å². The predicted octanol–water partition coefficient (Wildman–Crippen LogP) is 3.23. The summed E-state index contributed by atoms with van der Waals surface area (Å²) in [6.07, 6.45) is 3.32. The number of rotatable bonds is 6. The van der Waals surface area contributed by atoms with Gasteiger partial charge in [0.2, 0.25) is 0 Å². The van der Waals surface area contributed by atoms with Crippen molar-refractivity contribution in [1.29, 1.82) is 0 Å². The van der Waals surface area contributed by atoms with Crippen LogP contribution in [0.5, 0.6) is 11.5 Å². The quantitative estimate of drug-likeness (QED) is 0.705. The summed E-state index contributed by atoms with van der Waals surface area (Å²) < 4.78 is 39.4. The van der Waals surface area contributed by atoms with Crippen molar-refractivity contribution in [2.45, 2.75) is 6.04 Å². The van der Waals surface area contributed by atoms with Crippen molar-refractivity contribution >= 4 is 5.91 Å². The van der Waals surface area contributed by atoms with Gasteiger partial charge in [-0.3, -0.25) is 4.79 Å². The normalized spacial score (nSPS) is 11.8. The highest BCUT2D eigenvalue weighted by atomic mass is 19.1. The van der Waals surface area contributed by atoms with Crippen molar-refractivity contribution < 1.29 is 23.0 Å². The molecule has 3 rings (SSSR count). The number of halogens is 2. The van der Waals surface area contributed by atoms with E-state index in [-0.39, 0.29) is 5.56 Å². The highest BCUT2D eigenvalue weighted by molar-refractivity contribution is 5.94. The number of imidazole rings is 1. The summed E-state index contributed by atoms with van der Waals surface area (Å²) in [5.41, 5.74) is 0.502. The number of aromatic nitrogens is 2. The van der Waals surface area contributed by atoms with Crippen LogP contribution in [0.4, 0.5) is 8.78 Å². The minimum absolute atomic E-state index is 0.133. The molecule has 1 unspecified atom stereocenters. The molecule has 3 aromatic rings. The SMILES string of the molecule is COc1cc(OC)cc(C(NC(=O)c2cc(F)cc(F)c2)c2nccn2C)c1. The molecule has 1 heterocycles. The van der Waals surface area contributed by atoms with Crippen molar-refractivity contribution in [2.75, 3.05) is 14.2 Å². The first-order valence-electron chi connectivity index (χ1n) is 8.38. The van der Waals surface area contributed by atoms with Gasteiger partial charge in [0.1, 0.15) is 35.0 Å². The largest absolute Gasteiger partial charge is 0.497 e. The van der Waals surface area contributed by atoms with E-state index in [0.717, 1.165) is 12.1 Å². The lowest BCUT2D eigenvalue weighted by molar-refractivity contribution is 0.0940. The van der Waals surface area contributed by atoms with Crippen LogP contribution in [0.1, 0.15) is 27.8 Å². The molecule has 1 aromatic heterocycles. The molecule has 8 heteroatoms. The van der Waals surface area contributed by atoms with Crippen LogP contribution in [0.25, 0.3) is 0 Å². The molecule has 1 N–H and O–H groups in total. The standard InChI is InChI=1S/C20H19F2N3O3/c1-25-5-4-23-19(25)18(12-8-16(27-2)11-17(9-12)28-3)24-20(26)13-6-14(21)10-15(22)7-13/h4-11,18H,1-3H3,(H,24,26). The topological polar surface area (TPSA) is 65.4 Å². The molecule has 6 nitrogen and oxygen atoms in total. The molecule has 0 bridgehead atoms. The maximum absolute atomic E-state index is 13.5. The van der Waals surface area contributed by atoms with Gasteiger partial charge in [-0.15, -0.1) is 0 Å². The van der Waals surface area contributed by atoms with E-state index in [4.69, 9.17) is 9.47 Å². The lowest BCUT2D eigenvalue weighted by atomic mass is 10.0. The van der Waals surface area contributed by atoms with Gasteiger partial charge in [0.15, 0.2) is 0 Å². The van der Waals surface area contributed by atoms with Gasteiger partial charge in [0.25, 0.3) is 5.91 Å². The zero-order chi connectivity index (χ0) is 20.3. The first-order valence-corrected chi connectivity index (χ1v) is 8.38. The second kappa shape index (κ2) is 8.08. The van der Waals surface area contributed by atoms with Crippen LogP contribution in [0, 0.1) is 11.6 Å². The number of hydrogen-bond donors (Lipinski definition) is 1. The molecule has 0 spiro atoms. The van der Waals surface area contributed by atoms with E-state index >= 15 is 0 Å². The molecule has 0 aliphatic carbocycles. The summed E-state index contributed by atoms with van der Waals surface area (Å²) in [6.45, 7) is 0. The van der Waals surface area contributed by atoms with Gasteiger partial charge < -0.3 is 19.4 Å². The molecule has 2 aromatic carbocycles. The number of carbonyl (C=O) groups excluding carboxylic acids is 1. The average Bonchev–Trinajstić information content (AvgIpc) is 3.10. The Kier molecular flexibility index (Phi) is 5.58. The summed E-state index contributed by atoms with van der Waals surface area (Å²) in [7, 11) is 4.81. The fourth-order valence-electron chi connectivity index (χ4n) is 2.85. The van der Waals surface area contributed by atoms with Crippen LogP contribution in [0.3, 0.4) is 0 Å². The Morgan fingerprint density at radius 2 is 1.64 bits per heavy atom. The Hall–Kier alpha value is -3.42. The van der Waals surface area contributed by atoms with E-state index in [1.54, 1.807) is 42.2 Å². The van der Waals surface area contributed by atoms with E-state index in [2.05, 4.69) is 10.3 Å². The summed E-state index contributed by atoms with van der Waals surface area (Å²) in [6, 6.07) is 7.11. The smallest absolute Gasteiger partial charge is 0.252 e. The van der Waals surface area contributed by atoms with Gasteiger partial charge in [-0.1, -0.05) is 0 Å². The second-order valence-electron chi connectivity index (χ2n) is 6.11. The Balaban J connectivity index is 2.04. The Bertz CT molecular complexity index is 962. The molecule has 0 aliphatic heterocycles.